The van der Waals surface area contributed by atoms with Gasteiger partial charge < -0.3 is 14.4 Å². The second-order valence-corrected chi connectivity index (χ2v) is 7.97. The Labute approximate surface area is 190 Å². The molecule has 1 amide bonds. The quantitative estimate of drug-likeness (QED) is 0.463. The molecule has 1 aliphatic rings. The van der Waals surface area contributed by atoms with Crippen molar-refractivity contribution in [2.45, 2.75) is 0 Å². The van der Waals surface area contributed by atoms with Gasteiger partial charge in [-0.25, -0.2) is 9.07 Å². The van der Waals surface area contributed by atoms with Gasteiger partial charge in [-0.2, -0.15) is 5.10 Å². The van der Waals surface area contributed by atoms with Crippen molar-refractivity contribution in [1.82, 2.24) is 19.2 Å². The van der Waals surface area contributed by atoms with E-state index in [0.717, 1.165) is 5.69 Å². The molecule has 4 aromatic rings. The number of halogens is 2. The Bertz CT molecular complexity index is 1250. The van der Waals surface area contributed by atoms with E-state index < -0.39 is 5.82 Å². The number of benzene rings is 2. The number of anilines is 1. The number of rotatable bonds is 4. The van der Waals surface area contributed by atoms with E-state index in [4.69, 9.17) is 11.6 Å². The first-order chi connectivity index (χ1) is 15.6. The molecule has 1 saturated heterocycles. The highest BCUT2D eigenvalue weighted by Crippen LogP contribution is 2.27. The number of carbonyl (C=O) groups is 1. The highest BCUT2D eigenvalue weighted by atomic mass is 35.5. The van der Waals surface area contributed by atoms with Gasteiger partial charge in [0.25, 0.3) is 5.91 Å². The molecule has 2 aromatic heterocycles. The van der Waals surface area contributed by atoms with Crippen LogP contribution in [0.1, 0.15) is 10.4 Å². The van der Waals surface area contributed by atoms with E-state index >= 15 is 0 Å². The third kappa shape index (κ3) is 3.65. The van der Waals surface area contributed by atoms with E-state index in [2.05, 4.69) is 10.00 Å². The first-order valence-electron chi connectivity index (χ1n) is 10.4. The Balaban J connectivity index is 1.44. The minimum Gasteiger partial charge on any atom is -0.367 e. The standard InChI is InChI=1S/C24H21ClFN5O/c25-19-7-1-3-9-21(19)28-13-15-30(16-14-28)24(32)18-17-27-31(22-10-4-2-8-20(22)26)23(18)29-11-5-6-12-29/h1-12,17H,13-16H2. The first-order valence-corrected chi connectivity index (χ1v) is 10.8. The molecule has 32 heavy (non-hydrogen) atoms. The lowest BCUT2D eigenvalue weighted by Gasteiger charge is -2.36. The molecule has 0 atom stereocenters. The van der Waals surface area contributed by atoms with E-state index in [1.54, 1.807) is 22.8 Å². The molecule has 6 nitrogen and oxygen atoms in total. The van der Waals surface area contributed by atoms with Crippen LogP contribution in [0.25, 0.3) is 11.5 Å². The van der Waals surface area contributed by atoms with Gasteiger partial charge in [0.15, 0.2) is 5.82 Å². The van der Waals surface area contributed by atoms with Gasteiger partial charge in [-0.1, -0.05) is 35.9 Å². The molecule has 8 heteroatoms. The van der Waals surface area contributed by atoms with Crippen LogP contribution in [0, 0.1) is 5.82 Å². The molecule has 0 bridgehead atoms. The zero-order valence-electron chi connectivity index (χ0n) is 17.2. The lowest BCUT2D eigenvalue weighted by Crippen LogP contribution is -2.49. The van der Waals surface area contributed by atoms with E-state index in [-0.39, 0.29) is 5.91 Å². The van der Waals surface area contributed by atoms with Crippen molar-refractivity contribution in [3.05, 3.63) is 95.7 Å². The van der Waals surface area contributed by atoms with Crippen LogP contribution < -0.4 is 4.90 Å². The topological polar surface area (TPSA) is 46.3 Å². The third-order valence-electron chi connectivity index (χ3n) is 5.66. The lowest BCUT2D eigenvalue weighted by atomic mass is 10.2. The van der Waals surface area contributed by atoms with E-state index in [9.17, 15) is 9.18 Å². The number of nitrogens with zero attached hydrogens (tertiary/aromatic N) is 5. The number of amides is 1. The highest BCUT2D eigenvalue weighted by molar-refractivity contribution is 6.33. The van der Waals surface area contributed by atoms with E-state index in [1.165, 1.54) is 16.9 Å². The van der Waals surface area contributed by atoms with Gasteiger partial charge in [-0.05, 0) is 36.4 Å². The molecule has 5 rings (SSSR count). The molecule has 162 valence electrons. The zero-order valence-corrected chi connectivity index (χ0v) is 18.0. The van der Waals surface area contributed by atoms with Crippen LogP contribution in [-0.2, 0) is 0 Å². The summed E-state index contributed by atoms with van der Waals surface area (Å²) in [5.41, 5.74) is 1.69. The molecular formula is C24H21ClFN5O. The van der Waals surface area contributed by atoms with Crippen LogP contribution >= 0.6 is 11.6 Å². The Morgan fingerprint density at radius 2 is 1.53 bits per heavy atom. The van der Waals surface area contributed by atoms with Crippen molar-refractivity contribution in [2.24, 2.45) is 0 Å². The fourth-order valence-electron chi connectivity index (χ4n) is 4.05. The Hall–Kier alpha value is -3.58. The lowest BCUT2D eigenvalue weighted by molar-refractivity contribution is 0.0747. The van der Waals surface area contributed by atoms with Gasteiger partial charge in [0.05, 0.1) is 16.9 Å². The minimum atomic E-state index is -0.406. The smallest absolute Gasteiger partial charge is 0.259 e. The van der Waals surface area contributed by atoms with Crippen molar-refractivity contribution < 1.29 is 9.18 Å². The largest absolute Gasteiger partial charge is 0.367 e. The Morgan fingerprint density at radius 1 is 0.875 bits per heavy atom. The summed E-state index contributed by atoms with van der Waals surface area (Å²) in [6, 6.07) is 17.8. The normalized spacial score (nSPS) is 14.1. The summed E-state index contributed by atoms with van der Waals surface area (Å²) in [5, 5.41) is 5.08. The molecule has 2 aromatic carbocycles. The average Bonchev–Trinajstić information content (AvgIpc) is 3.49. The van der Waals surface area contributed by atoms with Gasteiger partial charge >= 0.3 is 0 Å². The SMILES string of the molecule is O=C(c1cnn(-c2ccccc2F)c1-n1cccc1)N1CCN(c2ccccc2Cl)CC1. The first kappa shape index (κ1) is 20.3. The number of aromatic nitrogens is 3. The van der Waals surface area contributed by atoms with Gasteiger partial charge in [-0.3, -0.25) is 4.79 Å². The molecule has 0 spiro atoms. The summed E-state index contributed by atoms with van der Waals surface area (Å²) in [5.74, 6) is -0.0231. The summed E-state index contributed by atoms with van der Waals surface area (Å²) in [6.07, 6.45) is 5.16. The van der Waals surface area contributed by atoms with Crippen LogP contribution in [-0.4, -0.2) is 51.3 Å². The third-order valence-corrected chi connectivity index (χ3v) is 5.98. The monoisotopic (exact) mass is 449 g/mol. The highest BCUT2D eigenvalue weighted by Gasteiger charge is 2.28. The second-order valence-electron chi connectivity index (χ2n) is 7.57. The maximum atomic E-state index is 14.5. The summed E-state index contributed by atoms with van der Waals surface area (Å²) in [4.78, 5) is 17.5. The maximum Gasteiger partial charge on any atom is 0.259 e. The van der Waals surface area contributed by atoms with Gasteiger partial charge in [0.1, 0.15) is 17.1 Å². The fraction of sp³-hybridized carbons (Fsp3) is 0.167. The van der Waals surface area contributed by atoms with Crippen molar-refractivity contribution in [3.8, 4) is 11.5 Å². The van der Waals surface area contributed by atoms with Crippen LogP contribution in [0.5, 0.6) is 0 Å². The summed E-state index contributed by atoms with van der Waals surface area (Å²) in [6.45, 7) is 2.46. The number of para-hydroxylation sites is 2. The molecule has 0 saturated carbocycles. The number of hydrogen-bond acceptors (Lipinski definition) is 3. The van der Waals surface area contributed by atoms with Crippen LogP contribution in [0.15, 0.2) is 79.3 Å². The molecular weight excluding hydrogens is 429 g/mol. The van der Waals surface area contributed by atoms with Crippen LogP contribution in [0.4, 0.5) is 10.1 Å². The number of hydrogen-bond donors (Lipinski definition) is 0. The number of carbonyl (C=O) groups excluding carboxylic acids is 1. The predicted molar refractivity (Wildman–Crippen MR) is 122 cm³/mol. The molecule has 3 heterocycles. The van der Waals surface area contributed by atoms with Gasteiger partial charge in [0.2, 0.25) is 0 Å². The summed E-state index contributed by atoms with van der Waals surface area (Å²) in [7, 11) is 0. The Morgan fingerprint density at radius 3 is 2.22 bits per heavy atom. The van der Waals surface area contributed by atoms with Crippen LogP contribution in [0.2, 0.25) is 5.02 Å². The fourth-order valence-corrected chi connectivity index (χ4v) is 4.30. The molecule has 0 radical (unpaired) electrons. The van der Waals surface area contributed by atoms with E-state index in [0.29, 0.717) is 48.3 Å². The molecule has 0 unspecified atom stereocenters. The number of piperazine rings is 1. The molecule has 0 aliphatic carbocycles. The molecule has 1 fully saturated rings. The van der Waals surface area contributed by atoms with E-state index in [1.807, 2.05) is 53.7 Å². The Kier molecular flexibility index (Phi) is 5.41. The molecule has 1 aliphatic heterocycles. The minimum absolute atomic E-state index is 0.130. The van der Waals surface area contributed by atoms with Crippen molar-refractivity contribution >= 4 is 23.2 Å². The summed E-state index contributed by atoms with van der Waals surface area (Å²) >= 11 is 6.34. The predicted octanol–water partition coefficient (Wildman–Crippen LogP) is 4.42. The van der Waals surface area contributed by atoms with Gasteiger partial charge in [0, 0.05) is 38.6 Å². The van der Waals surface area contributed by atoms with Gasteiger partial charge in [-0.15, -0.1) is 0 Å². The van der Waals surface area contributed by atoms with Crippen LogP contribution in [0.3, 0.4) is 0 Å². The summed E-state index contributed by atoms with van der Waals surface area (Å²) < 4.78 is 17.8. The van der Waals surface area contributed by atoms with Crippen molar-refractivity contribution in [2.75, 3.05) is 31.1 Å². The van der Waals surface area contributed by atoms with Crippen molar-refractivity contribution in [3.63, 3.8) is 0 Å². The maximum absolute atomic E-state index is 14.5. The second kappa shape index (κ2) is 8.51. The average molecular weight is 450 g/mol. The van der Waals surface area contributed by atoms with Crippen molar-refractivity contribution in [1.29, 1.82) is 0 Å². The zero-order chi connectivity index (χ0) is 22.1. The molecule has 0 N–H and O–H groups in total.